The van der Waals surface area contributed by atoms with E-state index in [4.69, 9.17) is 5.11 Å². The molecule has 0 aliphatic carbocycles. The van der Waals surface area contributed by atoms with Crippen molar-refractivity contribution in [1.29, 1.82) is 0 Å². The van der Waals surface area contributed by atoms with Gasteiger partial charge in [-0.15, -0.1) is 0 Å². The van der Waals surface area contributed by atoms with Crippen LogP contribution >= 0.6 is 0 Å². The van der Waals surface area contributed by atoms with Gasteiger partial charge in [0, 0.05) is 0 Å². The van der Waals surface area contributed by atoms with Crippen molar-refractivity contribution in [3.63, 3.8) is 0 Å². The molecule has 0 aromatic heterocycles. The number of aryl methyl sites for hydroxylation is 2. The molecule has 0 amide bonds. The van der Waals surface area contributed by atoms with Gasteiger partial charge in [0.2, 0.25) is 0 Å². The normalized spacial score (nSPS) is 12.9. The van der Waals surface area contributed by atoms with Gasteiger partial charge in [0.1, 0.15) is 5.82 Å². The highest BCUT2D eigenvalue weighted by Crippen LogP contribution is 2.14. The molecule has 0 aliphatic heterocycles. The molecular weight excluding hydrogens is 167 g/mol. The first-order chi connectivity index (χ1) is 6.11. The van der Waals surface area contributed by atoms with Gasteiger partial charge in [-0.05, 0) is 37.8 Å². The summed E-state index contributed by atoms with van der Waals surface area (Å²) in [6.07, 6.45) is 0.853. The van der Waals surface area contributed by atoms with E-state index in [1.165, 1.54) is 0 Å². The van der Waals surface area contributed by atoms with Crippen molar-refractivity contribution >= 4 is 0 Å². The molecule has 0 saturated heterocycles. The van der Waals surface area contributed by atoms with Gasteiger partial charge in [-0.2, -0.15) is 0 Å². The SMILES string of the molecule is Cc1cccc(CC[C@@H](C)O)c1F. The second-order valence-electron chi connectivity index (χ2n) is 3.44. The van der Waals surface area contributed by atoms with E-state index in [0.717, 1.165) is 0 Å². The lowest BCUT2D eigenvalue weighted by molar-refractivity contribution is 0.184. The molecule has 1 N–H and O–H groups in total. The van der Waals surface area contributed by atoms with Crippen LogP contribution in [0.4, 0.5) is 4.39 Å². The Labute approximate surface area is 78.2 Å². The molecule has 1 nitrogen and oxygen atoms in total. The Hall–Kier alpha value is -0.890. The fourth-order valence-corrected chi connectivity index (χ4v) is 1.27. The molecule has 0 fully saturated rings. The highest BCUT2D eigenvalue weighted by atomic mass is 19.1. The van der Waals surface area contributed by atoms with Gasteiger partial charge in [-0.3, -0.25) is 0 Å². The van der Waals surface area contributed by atoms with Crippen molar-refractivity contribution in [2.45, 2.75) is 32.8 Å². The van der Waals surface area contributed by atoms with Gasteiger partial charge in [0.15, 0.2) is 0 Å². The second kappa shape index (κ2) is 4.38. The Bertz CT molecular complexity index is 281. The Morgan fingerprint density at radius 1 is 1.46 bits per heavy atom. The lowest BCUT2D eigenvalue weighted by Gasteiger charge is -2.06. The number of rotatable bonds is 3. The zero-order valence-electron chi connectivity index (χ0n) is 8.05. The molecule has 0 unspecified atom stereocenters. The summed E-state index contributed by atoms with van der Waals surface area (Å²) < 4.78 is 13.4. The lowest BCUT2D eigenvalue weighted by atomic mass is 10.0. The lowest BCUT2D eigenvalue weighted by Crippen LogP contribution is -2.03. The summed E-state index contributed by atoms with van der Waals surface area (Å²) in [6, 6.07) is 5.36. The predicted molar refractivity (Wildman–Crippen MR) is 51.1 cm³/mol. The van der Waals surface area contributed by atoms with Gasteiger partial charge >= 0.3 is 0 Å². The highest BCUT2D eigenvalue weighted by Gasteiger charge is 2.05. The number of hydrogen-bond acceptors (Lipinski definition) is 1. The predicted octanol–water partition coefficient (Wildman–Crippen LogP) is 2.45. The Balaban J connectivity index is 2.71. The number of benzene rings is 1. The van der Waals surface area contributed by atoms with E-state index in [1.807, 2.05) is 6.07 Å². The minimum atomic E-state index is -0.361. The van der Waals surface area contributed by atoms with E-state index < -0.39 is 0 Å². The van der Waals surface area contributed by atoms with Crippen LogP contribution in [-0.4, -0.2) is 11.2 Å². The zero-order chi connectivity index (χ0) is 9.84. The van der Waals surface area contributed by atoms with Crippen LogP contribution < -0.4 is 0 Å². The minimum absolute atomic E-state index is 0.136. The summed E-state index contributed by atoms with van der Waals surface area (Å²) in [7, 11) is 0. The number of hydrogen-bond donors (Lipinski definition) is 1. The van der Waals surface area contributed by atoms with Crippen LogP contribution in [0, 0.1) is 12.7 Å². The fraction of sp³-hybridized carbons (Fsp3) is 0.455. The van der Waals surface area contributed by atoms with Crippen molar-refractivity contribution in [2.24, 2.45) is 0 Å². The maximum atomic E-state index is 13.4. The maximum absolute atomic E-state index is 13.4. The van der Waals surface area contributed by atoms with Crippen LogP contribution in [0.3, 0.4) is 0 Å². The summed E-state index contributed by atoms with van der Waals surface area (Å²) in [4.78, 5) is 0. The van der Waals surface area contributed by atoms with Crippen LogP contribution in [0.15, 0.2) is 18.2 Å². The van der Waals surface area contributed by atoms with Gasteiger partial charge in [-0.1, -0.05) is 18.2 Å². The second-order valence-corrected chi connectivity index (χ2v) is 3.44. The number of aliphatic hydroxyl groups is 1. The van der Waals surface area contributed by atoms with E-state index in [9.17, 15) is 4.39 Å². The molecule has 1 rings (SSSR count). The monoisotopic (exact) mass is 182 g/mol. The third-order valence-corrected chi connectivity index (χ3v) is 2.10. The first-order valence-corrected chi connectivity index (χ1v) is 4.53. The highest BCUT2D eigenvalue weighted by molar-refractivity contribution is 5.24. The number of halogens is 1. The molecule has 0 heterocycles. The van der Waals surface area contributed by atoms with E-state index >= 15 is 0 Å². The van der Waals surface area contributed by atoms with E-state index in [0.29, 0.717) is 24.0 Å². The Morgan fingerprint density at radius 3 is 2.77 bits per heavy atom. The van der Waals surface area contributed by atoms with Crippen LogP contribution in [0.5, 0.6) is 0 Å². The first-order valence-electron chi connectivity index (χ1n) is 4.53. The van der Waals surface area contributed by atoms with Crippen LogP contribution in [-0.2, 0) is 6.42 Å². The average Bonchev–Trinajstić information content (AvgIpc) is 2.07. The largest absolute Gasteiger partial charge is 0.393 e. The molecule has 0 spiro atoms. The number of aliphatic hydroxyl groups excluding tert-OH is 1. The molecule has 0 bridgehead atoms. The van der Waals surface area contributed by atoms with Crippen molar-refractivity contribution in [2.75, 3.05) is 0 Å². The molecular formula is C11H15FO. The topological polar surface area (TPSA) is 20.2 Å². The van der Waals surface area contributed by atoms with Gasteiger partial charge in [0.05, 0.1) is 6.10 Å². The van der Waals surface area contributed by atoms with E-state index in [1.54, 1.807) is 26.0 Å². The third-order valence-electron chi connectivity index (χ3n) is 2.10. The molecule has 1 aromatic rings. The minimum Gasteiger partial charge on any atom is -0.393 e. The van der Waals surface area contributed by atoms with Crippen LogP contribution in [0.2, 0.25) is 0 Å². The van der Waals surface area contributed by atoms with Crippen molar-refractivity contribution in [1.82, 2.24) is 0 Å². The molecule has 13 heavy (non-hydrogen) atoms. The Kier molecular flexibility index (Phi) is 3.43. The summed E-state index contributed by atoms with van der Waals surface area (Å²) in [5.74, 6) is -0.136. The quantitative estimate of drug-likeness (QED) is 0.761. The van der Waals surface area contributed by atoms with Crippen molar-refractivity contribution < 1.29 is 9.50 Å². The van der Waals surface area contributed by atoms with Gasteiger partial charge < -0.3 is 5.11 Å². The summed E-state index contributed by atoms with van der Waals surface area (Å²) in [5, 5.41) is 9.05. The molecule has 0 aliphatic rings. The summed E-state index contributed by atoms with van der Waals surface area (Å²) >= 11 is 0. The molecule has 1 aromatic carbocycles. The van der Waals surface area contributed by atoms with Crippen molar-refractivity contribution in [3.05, 3.63) is 35.1 Å². The summed E-state index contributed by atoms with van der Waals surface area (Å²) in [5.41, 5.74) is 1.36. The third kappa shape index (κ3) is 2.81. The molecule has 0 radical (unpaired) electrons. The zero-order valence-corrected chi connectivity index (χ0v) is 8.05. The van der Waals surface area contributed by atoms with Crippen molar-refractivity contribution in [3.8, 4) is 0 Å². The fourth-order valence-electron chi connectivity index (χ4n) is 1.27. The smallest absolute Gasteiger partial charge is 0.129 e. The van der Waals surface area contributed by atoms with Gasteiger partial charge in [-0.25, -0.2) is 4.39 Å². The van der Waals surface area contributed by atoms with Crippen LogP contribution in [0.25, 0.3) is 0 Å². The Morgan fingerprint density at radius 2 is 2.15 bits per heavy atom. The van der Waals surface area contributed by atoms with Gasteiger partial charge in [0.25, 0.3) is 0 Å². The molecule has 0 saturated carbocycles. The molecule has 72 valence electrons. The van der Waals surface area contributed by atoms with E-state index in [2.05, 4.69) is 0 Å². The van der Waals surface area contributed by atoms with E-state index in [-0.39, 0.29) is 11.9 Å². The molecule has 1 atom stereocenters. The summed E-state index contributed by atoms with van der Waals surface area (Å²) in [6.45, 7) is 3.47. The first kappa shape index (κ1) is 10.2. The molecule has 2 heteroatoms. The van der Waals surface area contributed by atoms with Crippen LogP contribution in [0.1, 0.15) is 24.5 Å². The average molecular weight is 182 g/mol. The maximum Gasteiger partial charge on any atom is 0.129 e. The standard InChI is InChI=1S/C11H15FO/c1-8-4-3-5-10(11(8)12)7-6-9(2)13/h3-5,9,13H,6-7H2,1-2H3/t9-/m1/s1.